The Morgan fingerprint density at radius 2 is 1.92 bits per heavy atom. The lowest BCUT2D eigenvalue weighted by Gasteiger charge is -2.34. The summed E-state index contributed by atoms with van der Waals surface area (Å²) in [5.74, 6) is 0.181. The first-order valence-electron chi connectivity index (χ1n) is 4.83. The van der Waals surface area contributed by atoms with Gasteiger partial charge in [-0.25, -0.2) is 0 Å². The molecule has 0 unspecified atom stereocenters. The van der Waals surface area contributed by atoms with Crippen LogP contribution in [0.2, 0.25) is 0 Å². The molecule has 1 aliphatic rings. The number of nitrogens with two attached hydrogens (primary N) is 1. The summed E-state index contributed by atoms with van der Waals surface area (Å²) in [4.78, 5) is 15.2. The van der Waals surface area contributed by atoms with Crippen molar-refractivity contribution in [1.82, 2.24) is 9.80 Å². The van der Waals surface area contributed by atoms with Gasteiger partial charge in [-0.05, 0) is 6.92 Å². The highest BCUT2D eigenvalue weighted by atomic mass is 16.2. The first-order chi connectivity index (χ1) is 6.09. The van der Waals surface area contributed by atoms with E-state index in [9.17, 15) is 4.79 Å². The highest BCUT2D eigenvalue weighted by molar-refractivity contribution is 5.73. The zero-order valence-electron chi connectivity index (χ0n) is 8.49. The molecule has 0 saturated carbocycles. The van der Waals surface area contributed by atoms with Gasteiger partial charge in [0.05, 0.1) is 0 Å². The van der Waals surface area contributed by atoms with Crippen molar-refractivity contribution in [2.24, 2.45) is 5.73 Å². The minimum absolute atomic E-state index is 0.181. The van der Waals surface area contributed by atoms with Gasteiger partial charge in [-0.15, -0.1) is 0 Å². The van der Waals surface area contributed by atoms with E-state index >= 15 is 0 Å². The predicted molar refractivity (Wildman–Crippen MR) is 52.3 cm³/mol. The van der Waals surface area contributed by atoms with Crippen molar-refractivity contribution in [2.45, 2.75) is 19.9 Å². The Morgan fingerprint density at radius 3 is 2.31 bits per heavy atom. The van der Waals surface area contributed by atoms with Crippen molar-refractivity contribution in [1.29, 1.82) is 0 Å². The summed E-state index contributed by atoms with van der Waals surface area (Å²) in [5.41, 5.74) is 5.70. The second-order valence-corrected chi connectivity index (χ2v) is 3.78. The zero-order valence-corrected chi connectivity index (χ0v) is 8.49. The molecule has 13 heavy (non-hydrogen) atoms. The molecule has 0 aromatic heterocycles. The quantitative estimate of drug-likeness (QED) is 0.631. The molecule has 0 aromatic carbocycles. The van der Waals surface area contributed by atoms with Crippen LogP contribution in [0.15, 0.2) is 0 Å². The van der Waals surface area contributed by atoms with Gasteiger partial charge < -0.3 is 10.6 Å². The lowest BCUT2D eigenvalue weighted by atomic mass is 10.2. The molecule has 0 bridgehead atoms. The molecular weight excluding hydrogens is 166 g/mol. The maximum atomic E-state index is 11.0. The van der Waals surface area contributed by atoms with Crippen LogP contribution in [0.1, 0.15) is 13.8 Å². The van der Waals surface area contributed by atoms with Gasteiger partial charge in [-0.3, -0.25) is 9.69 Å². The number of carbonyl (C=O) groups is 1. The molecule has 4 heteroatoms. The maximum absolute atomic E-state index is 11.0. The van der Waals surface area contributed by atoms with Crippen LogP contribution in [-0.2, 0) is 4.79 Å². The fraction of sp³-hybridized carbons (Fsp3) is 0.889. The molecule has 1 aliphatic heterocycles. The van der Waals surface area contributed by atoms with E-state index in [-0.39, 0.29) is 11.9 Å². The van der Waals surface area contributed by atoms with E-state index in [2.05, 4.69) is 4.90 Å². The van der Waals surface area contributed by atoms with E-state index < -0.39 is 0 Å². The van der Waals surface area contributed by atoms with Crippen LogP contribution in [-0.4, -0.2) is 54.5 Å². The second-order valence-electron chi connectivity index (χ2n) is 3.78. The lowest BCUT2D eigenvalue weighted by molar-refractivity contribution is -0.130. The Balaban J connectivity index is 2.26. The van der Waals surface area contributed by atoms with E-state index in [1.165, 1.54) is 0 Å². The first-order valence-corrected chi connectivity index (χ1v) is 4.83. The van der Waals surface area contributed by atoms with Gasteiger partial charge >= 0.3 is 0 Å². The van der Waals surface area contributed by atoms with Crippen molar-refractivity contribution in [2.75, 3.05) is 32.7 Å². The fourth-order valence-corrected chi connectivity index (χ4v) is 1.65. The van der Waals surface area contributed by atoms with E-state index in [0.29, 0.717) is 0 Å². The van der Waals surface area contributed by atoms with Crippen molar-refractivity contribution in [3.63, 3.8) is 0 Å². The molecule has 0 aliphatic carbocycles. The Bertz CT molecular complexity index is 174. The number of hydrogen-bond donors (Lipinski definition) is 1. The Labute approximate surface area is 79.7 Å². The predicted octanol–water partition coefficient (Wildman–Crippen LogP) is -0.502. The molecule has 0 radical (unpaired) electrons. The summed E-state index contributed by atoms with van der Waals surface area (Å²) >= 11 is 0. The topological polar surface area (TPSA) is 49.6 Å². The van der Waals surface area contributed by atoms with Gasteiger partial charge in [0, 0.05) is 45.7 Å². The Morgan fingerprint density at radius 1 is 1.38 bits per heavy atom. The van der Waals surface area contributed by atoms with Crippen molar-refractivity contribution in [3.05, 3.63) is 0 Å². The molecule has 1 fully saturated rings. The van der Waals surface area contributed by atoms with Gasteiger partial charge in [0.2, 0.25) is 5.91 Å². The zero-order chi connectivity index (χ0) is 9.84. The van der Waals surface area contributed by atoms with Gasteiger partial charge in [0.1, 0.15) is 0 Å². The number of piperazine rings is 1. The summed E-state index contributed by atoms with van der Waals surface area (Å²) in [5, 5.41) is 0. The van der Waals surface area contributed by atoms with Crippen LogP contribution in [0.5, 0.6) is 0 Å². The summed E-state index contributed by atoms with van der Waals surface area (Å²) in [7, 11) is 0. The molecule has 2 N–H and O–H groups in total. The van der Waals surface area contributed by atoms with Crippen LogP contribution in [0.4, 0.5) is 0 Å². The molecule has 1 rings (SSSR count). The number of amides is 1. The summed E-state index contributed by atoms with van der Waals surface area (Å²) < 4.78 is 0. The molecule has 1 saturated heterocycles. The van der Waals surface area contributed by atoms with Gasteiger partial charge in [0.15, 0.2) is 0 Å². The molecule has 1 atom stereocenters. The summed E-state index contributed by atoms with van der Waals surface area (Å²) in [6, 6.07) is 0.226. The van der Waals surface area contributed by atoms with Crippen molar-refractivity contribution >= 4 is 5.91 Å². The van der Waals surface area contributed by atoms with Gasteiger partial charge in [0.25, 0.3) is 0 Å². The van der Waals surface area contributed by atoms with Crippen molar-refractivity contribution in [3.8, 4) is 0 Å². The third-order valence-corrected chi connectivity index (χ3v) is 2.36. The van der Waals surface area contributed by atoms with Crippen LogP contribution in [0.25, 0.3) is 0 Å². The number of hydrogen-bond acceptors (Lipinski definition) is 3. The molecule has 4 nitrogen and oxygen atoms in total. The second kappa shape index (κ2) is 4.58. The van der Waals surface area contributed by atoms with E-state index in [1.54, 1.807) is 6.92 Å². The fourth-order valence-electron chi connectivity index (χ4n) is 1.65. The summed E-state index contributed by atoms with van der Waals surface area (Å²) in [6.07, 6.45) is 0. The molecular formula is C9H19N3O. The molecule has 1 heterocycles. The van der Waals surface area contributed by atoms with Crippen LogP contribution in [0, 0.1) is 0 Å². The molecule has 0 spiro atoms. The number of carbonyl (C=O) groups excluding carboxylic acids is 1. The maximum Gasteiger partial charge on any atom is 0.219 e. The summed E-state index contributed by atoms with van der Waals surface area (Å²) in [6.45, 7) is 8.19. The largest absolute Gasteiger partial charge is 0.340 e. The van der Waals surface area contributed by atoms with E-state index in [1.807, 2.05) is 11.8 Å². The van der Waals surface area contributed by atoms with Gasteiger partial charge in [-0.2, -0.15) is 0 Å². The normalized spacial score (nSPS) is 21.6. The minimum Gasteiger partial charge on any atom is -0.340 e. The Hall–Kier alpha value is -0.610. The molecule has 1 amide bonds. The number of nitrogens with zero attached hydrogens (tertiary/aromatic N) is 2. The van der Waals surface area contributed by atoms with Crippen LogP contribution in [0.3, 0.4) is 0 Å². The SMILES string of the molecule is CC(=O)N1CCN(C[C@H](C)N)CC1. The van der Waals surface area contributed by atoms with Crippen LogP contribution < -0.4 is 5.73 Å². The Kier molecular flexibility index (Phi) is 3.69. The van der Waals surface area contributed by atoms with Crippen LogP contribution >= 0.6 is 0 Å². The highest BCUT2D eigenvalue weighted by Gasteiger charge is 2.18. The third-order valence-electron chi connectivity index (χ3n) is 2.36. The monoisotopic (exact) mass is 185 g/mol. The highest BCUT2D eigenvalue weighted by Crippen LogP contribution is 2.01. The third kappa shape index (κ3) is 3.32. The van der Waals surface area contributed by atoms with Crippen molar-refractivity contribution < 1.29 is 4.79 Å². The lowest BCUT2D eigenvalue weighted by Crippen LogP contribution is -2.50. The smallest absolute Gasteiger partial charge is 0.219 e. The minimum atomic E-state index is 0.181. The van der Waals surface area contributed by atoms with Gasteiger partial charge in [-0.1, -0.05) is 0 Å². The first kappa shape index (κ1) is 10.5. The molecule has 76 valence electrons. The average Bonchev–Trinajstić information content (AvgIpc) is 2.04. The van der Waals surface area contributed by atoms with E-state index in [4.69, 9.17) is 5.73 Å². The molecule has 0 aromatic rings. The average molecular weight is 185 g/mol. The standard InChI is InChI=1S/C9H19N3O/c1-8(10)7-11-3-5-12(6-4-11)9(2)13/h8H,3-7,10H2,1-2H3/t8-/m0/s1. The van der Waals surface area contributed by atoms with E-state index in [0.717, 1.165) is 32.7 Å². The number of rotatable bonds is 2.